The second kappa shape index (κ2) is 11.1. The van der Waals surface area contributed by atoms with Crippen LogP contribution >= 0.6 is 15.9 Å². The summed E-state index contributed by atoms with van der Waals surface area (Å²) >= 11 is 3.40. The Morgan fingerprint density at radius 3 is 2.09 bits per heavy atom. The quantitative estimate of drug-likeness (QED) is 0.420. The van der Waals surface area contributed by atoms with E-state index in [1.54, 1.807) is 55.5 Å². The van der Waals surface area contributed by atoms with E-state index in [0.717, 1.165) is 10.0 Å². The van der Waals surface area contributed by atoms with E-state index in [1.807, 2.05) is 36.4 Å². The maximum Gasteiger partial charge on any atom is 0.411 e. The van der Waals surface area contributed by atoms with Crippen LogP contribution in [0.1, 0.15) is 29.7 Å². The summed E-state index contributed by atoms with van der Waals surface area (Å²) in [6.07, 6.45) is -0.752. The van der Waals surface area contributed by atoms with Crippen molar-refractivity contribution in [2.75, 3.05) is 13.7 Å². The highest BCUT2D eigenvalue weighted by Crippen LogP contribution is 2.38. The third kappa shape index (κ3) is 5.43. The summed E-state index contributed by atoms with van der Waals surface area (Å²) in [6, 6.07) is 24.4. The minimum absolute atomic E-state index is 0.0146. The summed E-state index contributed by atoms with van der Waals surface area (Å²) in [6.45, 7) is 1.19. The van der Waals surface area contributed by atoms with E-state index >= 15 is 0 Å². The Hall–Kier alpha value is -3.16. The van der Waals surface area contributed by atoms with Crippen molar-refractivity contribution in [3.63, 3.8) is 0 Å². The summed E-state index contributed by atoms with van der Waals surface area (Å²) in [5.74, 6) is -0.657. The van der Waals surface area contributed by atoms with Gasteiger partial charge >= 0.3 is 12.1 Å². The van der Waals surface area contributed by atoms with Crippen LogP contribution in [0.5, 0.6) is 0 Å². The molecule has 3 aromatic rings. The van der Waals surface area contributed by atoms with Crippen molar-refractivity contribution in [3.05, 3.63) is 106 Å². The van der Waals surface area contributed by atoms with Crippen LogP contribution in [0.25, 0.3) is 0 Å². The standard InChI is InChI=1S/C26H26BrNO5/c1-26(24(30)32-2,21-13-15-22(27)16-14-21)28(23(17-29)20-11-7-4-8-12-20)25(31)33-18-19-9-5-3-6-10-19/h3-16,23,29H,17-18H2,1-2H3/t23-,26-/m0/s1. The van der Waals surface area contributed by atoms with Crippen LogP contribution in [0.2, 0.25) is 0 Å². The molecule has 0 aliphatic heterocycles. The number of aliphatic hydroxyl groups is 1. The number of ether oxygens (including phenoxy) is 2. The number of methoxy groups -OCH3 is 1. The molecule has 172 valence electrons. The molecule has 0 heterocycles. The van der Waals surface area contributed by atoms with Gasteiger partial charge in [-0.1, -0.05) is 88.7 Å². The fourth-order valence-electron chi connectivity index (χ4n) is 3.75. The van der Waals surface area contributed by atoms with E-state index in [-0.39, 0.29) is 6.61 Å². The molecule has 0 saturated carbocycles. The fraction of sp³-hybridized carbons (Fsp3) is 0.231. The molecule has 0 radical (unpaired) electrons. The Labute approximate surface area is 201 Å². The number of nitrogens with zero attached hydrogens (tertiary/aromatic N) is 1. The molecule has 0 unspecified atom stereocenters. The smallest absolute Gasteiger partial charge is 0.411 e. The first-order chi connectivity index (χ1) is 15.9. The lowest BCUT2D eigenvalue weighted by Gasteiger charge is -2.42. The summed E-state index contributed by atoms with van der Waals surface area (Å²) < 4.78 is 11.6. The monoisotopic (exact) mass is 511 g/mol. The van der Waals surface area contributed by atoms with E-state index in [0.29, 0.717) is 11.1 Å². The van der Waals surface area contributed by atoms with E-state index in [1.165, 1.54) is 12.0 Å². The van der Waals surface area contributed by atoms with E-state index < -0.39 is 30.3 Å². The van der Waals surface area contributed by atoms with Crippen LogP contribution in [-0.4, -0.2) is 35.8 Å². The molecule has 33 heavy (non-hydrogen) atoms. The number of esters is 1. The molecule has 6 nitrogen and oxygen atoms in total. The zero-order chi connectivity index (χ0) is 23.8. The second-order valence-corrected chi connectivity index (χ2v) is 8.51. The molecule has 0 fully saturated rings. The number of halogens is 1. The molecule has 0 aromatic heterocycles. The Kier molecular flexibility index (Phi) is 8.25. The zero-order valence-electron chi connectivity index (χ0n) is 18.5. The molecule has 3 aromatic carbocycles. The minimum Gasteiger partial charge on any atom is -0.467 e. The van der Waals surface area contributed by atoms with Gasteiger partial charge in [0.2, 0.25) is 0 Å². The SMILES string of the molecule is COC(=O)[C@](C)(c1ccc(Br)cc1)N(C(=O)OCc1ccccc1)[C@@H](CO)c1ccccc1. The van der Waals surface area contributed by atoms with Crippen LogP contribution in [0.3, 0.4) is 0 Å². The molecule has 7 heteroatoms. The van der Waals surface area contributed by atoms with Crippen LogP contribution < -0.4 is 0 Å². The molecule has 0 saturated heterocycles. The average molecular weight is 512 g/mol. The number of hydrogen-bond acceptors (Lipinski definition) is 5. The molecule has 1 amide bonds. The van der Waals surface area contributed by atoms with Crippen LogP contribution in [0.15, 0.2) is 89.4 Å². The predicted octanol–water partition coefficient (Wildman–Crippen LogP) is 5.21. The van der Waals surface area contributed by atoms with Gasteiger partial charge in [-0.05, 0) is 35.7 Å². The van der Waals surface area contributed by atoms with Crippen molar-refractivity contribution < 1.29 is 24.2 Å². The van der Waals surface area contributed by atoms with E-state index in [9.17, 15) is 14.7 Å². The summed E-state index contributed by atoms with van der Waals surface area (Å²) in [5, 5.41) is 10.4. The molecule has 0 aliphatic carbocycles. The third-order valence-corrected chi connectivity index (χ3v) is 6.07. The molecule has 0 spiro atoms. The van der Waals surface area contributed by atoms with Crippen molar-refractivity contribution in [2.24, 2.45) is 0 Å². The summed E-state index contributed by atoms with van der Waals surface area (Å²) in [5.41, 5.74) is 0.397. The van der Waals surface area contributed by atoms with Crippen molar-refractivity contribution in [1.82, 2.24) is 4.90 Å². The Morgan fingerprint density at radius 1 is 0.970 bits per heavy atom. The van der Waals surface area contributed by atoms with Crippen molar-refractivity contribution in [3.8, 4) is 0 Å². The lowest BCUT2D eigenvalue weighted by atomic mass is 9.87. The van der Waals surface area contributed by atoms with Gasteiger partial charge in [0.05, 0.1) is 19.8 Å². The number of benzene rings is 3. The molecular weight excluding hydrogens is 486 g/mol. The molecular formula is C26H26BrNO5. The number of carbonyl (C=O) groups is 2. The average Bonchev–Trinajstić information content (AvgIpc) is 2.86. The van der Waals surface area contributed by atoms with E-state index in [4.69, 9.17) is 9.47 Å². The largest absolute Gasteiger partial charge is 0.467 e. The fourth-order valence-corrected chi connectivity index (χ4v) is 4.01. The lowest BCUT2D eigenvalue weighted by Crippen LogP contribution is -2.55. The molecule has 2 atom stereocenters. The first-order valence-electron chi connectivity index (χ1n) is 10.4. The number of hydrogen-bond donors (Lipinski definition) is 1. The van der Waals surface area contributed by atoms with E-state index in [2.05, 4.69) is 15.9 Å². The predicted molar refractivity (Wildman–Crippen MR) is 128 cm³/mol. The van der Waals surface area contributed by atoms with Gasteiger partial charge in [-0.15, -0.1) is 0 Å². The third-order valence-electron chi connectivity index (χ3n) is 5.54. The lowest BCUT2D eigenvalue weighted by molar-refractivity contribution is -0.156. The Bertz CT molecular complexity index is 1060. The number of carbonyl (C=O) groups excluding carboxylic acids is 2. The number of rotatable bonds is 8. The highest BCUT2D eigenvalue weighted by molar-refractivity contribution is 9.10. The summed E-state index contributed by atoms with van der Waals surface area (Å²) in [7, 11) is 1.27. The van der Waals surface area contributed by atoms with Gasteiger partial charge in [-0.2, -0.15) is 0 Å². The molecule has 1 N–H and O–H groups in total. The summed E-state index contributed by atoms with van der Waals surface area (Å²) in [4.78, 5) is 28.1. The van der Waals surface area contributed by atoms with Crippen LogP contribution in [0, 0.1) is 0 Å². The molecule has 3 rings (SSSR count). The first-order valence-corrected chi connectivity index (χ1v) is 11.2. The van der Waals surface area contributed by atoms with Crippen molar-refractivity contribution >= 4 is 28.0 Å². The molecule has 0 bridgehead atoms. The topological polar surface area (TPSA) is 76.1 Å². The zero-order valence-corrected chi connectivity index (χ0v) is 20.1. The van der Waals surface area contributed by atoms with Gasteiger partial charge in [0.25, 0.3) is 0 Å². The van der Waals surface area contributed by atoms with Gasteiger partial charge < -0.3 is 14.6 Å². The number of aliphatic hydroxyl groups excluding tert-OH is 1. The Morgan fingerprint density at radius 2 is 1.55 bits per heavy atom. The maximum atomic E-state index is 13.6. The van der Waals surface area contributed by atoms with Gasteiger partial charge in [0.1, 0.15) is 6.61 Å². The second-order valence-electron chi connectivity index (χ2n) is 7.59. The molecule has 0 aliphatic rings. The van der Waals surface area contributed by atoms with Gasteiger partial charge in [0, 0.05) is 4.47 Å². The highest BCUT2D eigenvalue weighted by Gasteiger charge is 2.49. The van der Waals surface area contributed by atoms with Crippen molar-refractivity contribution in [1.29, 1.82) is 0 Å². The van der Waals surface area contributed by atoms with Gasteiger partial charge in [-0.25, -0.2) is 9.59 Å². The van der Waals surface area contributed by atoms with Crippen molar-refractivity contribution in [2.45, 2.75) is 25.1 Å². The highest BCUT2D eigenvalue weighted by atomic mass is 79.9. The maximum absolute atomic E-state index is 13.6. The van der Waals surface area contributed by atoms with Crippen LogP contribution in [0.4, 0.5) is 4.79 Å². The van der Waals surface area contributed by atoms with Gasteiger partial charge in [-0.3, -0.25) is 4.90 Å². The minimum atomic E-state index is -1.58. The number of amides is 1. The van der Waals surface area contributed by atoms with Gasteiger partial charge in [0.15, 0.2) is 5.54 Å². The normalized spacial score (nSPS) is 13.5. The van der Waals surface area contributed by atoms with Crippen LogP contribution in [-0.2, 0) is 26.4 Å². The first kappa shape index (κ1) is 24.5. The Balaban J connectivity index is 2.10.